The summed E-state index contributed by atoms with van der Waals surface area (Å²) in [5.41, 5.74) is -0.148. The van der Waals surface area contributed by atoms with Gasteiger partial charge in [0.05, 0.1) is 17.1 Å². The summed E-state index contributed by atoms with van der Waals surface area (Å²) >= 11 is 0.963. The van der Waals surface area contributed by atoms with Gasteiger partial charge in [-0.2, -0.15) is 13.1 Å². The molecule has 1 N–H and O–H groups in total. The van der Waals surface area contributed by atoms with E-state index in [2.05, 4.69) is 8.75 Å². The molecule has 1 aromatic carbocycles. The van der Waals surface area contributed by atoms with Gasteiger partial charge >= 0.3 is 5.97 Å². The maximum absolute atomic E-state index is 13.1. The summed E-state index contributed by atoms with van der Waals surface area (Å²) in [7, 11) is -1.95. The fourth-order valence-corrected chi connectivity index (χ4v) is 6.19. The second kappa shape index (κ2) is 5.19. The van der Waals surface area contributed by atoms with Crippen LogP contribution >= 0.6 is 11.7 Å². The third-order valence-corrected chi connectivity index (χ3v) is 7.43. The Hall–Kier alpha value is -1.62. The molecule has 2 fully saturated rings. The van der Waals surface area contributed by atoms with Crippen molar-refractivity contribution in [1.82, 2.24) is 18.0 Å². The summed E-state index contributed by atoms with van der Waals surface area (Å²) < 4.78 is 35.6. The largest absolute Gasteiger partial charge is 0.481 e. The predicted octanol–water partition coefficient (Wildman–Crippen LogP) is 0.328. The highest BCUT2D eigenvalue weighted by Gasteiger charge is 2.59. The van der Waals surface area contributed by atoms with Crippen molar-refractivity contribution < 1.29 is 18.3 Å². The number of carboxylic acids is 1. The molecule has 0 unspecified atom stereocenters. The van der Waals surface area contributed by atoms with Gasteiger partial charge in [-0.1, -0.05) is 6.07 Å². The van der Waals surface area contributed by atoms with Crippen LogP contribution in [0.3, 0.4) is 0 Å². The van der Waals surface area contributed by atoms with E-state index in [0.717, 1.165) is 11.7 Å². The van der Waals surface area contributed by atoms with Crippen molar-refractivity contribution >= 4 is 38.8 Å². The van der Waals surface area contributed by atoms with Crippen LogP contribution in [-0.2, 0) is 14.8 Å². The van der Waals surface area contributed by atoms with Crippen LogP contribution in [0.5, 0.6) is 0 Å². The van der Waals surface area contributed by atoms with Crippen LogP contribution in [0.4, 0.5) is 0 Å². The Labute approximate surface area is 143 Å². The first kappa shape index (κ1) is 15.9. The van der Waals surface area contributed by atoms with Gasteiger partial charge in [-0.05, 0) is 19.2 Å². The van der Waals surface area contributed by atoms with Gasteiger partial charge < -0.3 is 10.0 Å². The Morgan fingerprint density at radius 2 is 2.12 bits per heavy atom. The summed E-state index contributed by atoms with van der Waals surface area (Å²) in [6, 6.07) is 4.85. The molecular formula is C14H16N4O4S2. The lowest BCUT2D eigenvalue weighted by atomic mass is 9.81. The summed E-state index contributed by atoms with van der Waals surface area (Å²) in [4.78, 5) is 13.9. The summed E-state index contributed by atoms with van der Waals surface area (Å²) in [5.74, 6) is -1.13. The Morgan fingerprint density at radius 3 is 2.83 bits per heavy atom. The van der Waals surface area contributed by atoms with Crippen molar-refractivity contribution in [2.75, 3.05) is 33.2 Å². The maximum Gasteiger partial charge on any atom is 0.312 e. The van der Waals surface area contributed by atoms with E-state index in [9.17, 15) is 18.3 Å². The van der Waals surface area contributed by atoms with E-state index >= 15 is 0 Å². The second-order valence-electron chi connectivity index (χ2n) is 6.54. The quantitative estimate of drug-likeness (QED) is 0.832. The zero-order valence-electron chi connectivity index (χ0n) is 12.9. The number of sulfonamides is 1. The van der Waals surface area contributed by atoms with E-state index in [1.165, 1.54) is 10.4 Å². The minimum atomic E-state index is -3.81. The molecule has 3 heterocycles. The van der Waals surface area contributed by atoms with Gasteiger partial charge in [0.25, 0.3) is 0 Å². The van der Waals surface area contributed by atoms with Crippen LogP contribution in [0.15, 0.2) is 23.1 Å². The molecule has 1 aromatic heterocycles. The summed E-state index contributed by atoms with van der Waals surface area (Å²) in [6.07, 6.45) is 0. The molecule has 0 spiro atoms. The standard InChI is InChI=1S/C14H16N4O4S2/c1-17-5-9-6-18(8-14(9,7-17)13(19)20)24(21,22)11-4-2-3-10-12(11)16-23-15-10/h2-4,9H,5-8H2,1H3,(H,19,20)/t9-,14-/m0/s1. The molecule has 2 aliphatic rings. The van der Waals surface area contributed by atoms with E-state index < -0.39 is 21.4 Å². The number of carbonyl (C=O) groups is 1. The minimum absolute atomic E-state index is 0.00632. The van der Waals surface area contributed by atoms with Crippen molar-refractivity contribution in [3.63, 3.8) is 0 Å². The zero-order chi connectivity index (χ0) is 17.1. The highest BCUT2D eigenvalue weighted by molar-refractivity contribution is 7.89. The number of hydrogen-bond acceptors (Lipinski definition) is 7. The van der Waals surface area contributed by atoms with Crippen molar-refractivity contribution in [2.24, 2.45) is 11.3 Å². The average molecular weight is 368 g/mol. The lowest BCUT2D eigenvalue weighted by Crippen LogP contribution is -2.41. The van der Waals surface area contributed by atoms with Crippen LogP contribution in [0.1, 0.15) is 0 Å². The van der Waals surface area contributed by atoms with E-state index in [0.29, 0.717) is 24.1 Å². The second-order valence-corrected chi connectivity index (χ2v) is 8.98. The number of hydrogen-bond donors (Lipinski definition) is 1. The van der Waals surface area contributed by atoms with E-state index in [1.54, 1.807) is 12.1 Å². The molecule has 128 valence electrons. The monoisotopic (exact) mass is 368 g/mol. The molecular weight excluding hydrogens is 352 g/mol. The molecule has 0 aliphatic carbocycles. The van der Waals surface area contributed by atoms with Crippen LogP contribution < -0.4 is 0 Å². The zero-order valence-corrected chi connectivity index (χ0v) is 14.5. The molecule has 10 heteroatoms. The molecule has 0 saturated carbocycles. The number of fused-ring (bicyclic) bond motifs is 2. The first-order valence-corrected chi connectivity index (χ1v) is 9.65. The van der Waals surface area contributed by atoms with Crippen LogP contribution in [0.25, 0.3) is 11.0 Å². The van der Waals surface area contributed by atoms with E-state index in [4.69, 9.17) is 0 Å². The number of likely N-dealkylation sites (tertiary alicyclic amines) is 1. The SMILES string of the molecule is CN1C[C@H]2CN(S(=O)(=O)c3cccc4nsnc34)C[C@@]2(C(=O)O)C1. The molecule has 2 aromatic rings. The third kappa shape index (κ3) is 2.10. The van der Waals surface area contributed by atoms with Gasteiger partial charge in [-0.3, -0.25) is 4.79 Å². The van der Waals surface area contributed by atoms with Gasteiger partial charge in [0.2, 0.25) is 10.0 Å². The van der Waals surface area contributed by atoms with Crippen molar-refractivity contribution in [2.45, 2.75) is 4.90 Å². The average Bonchev–Trinajstić information content (AvgIpc) is 3.18. The number of carboxylic acid groups (broad SMARTS) is 1. The molecule has 2 atom stereocenters. The Morgan fingerprint density at radius 1 is 1.33 bits per heavy atom. The Bertz CT molecular complexity index is 928. The topological polar surface area (TPSA) is 104 Å². The molecule has 0 radical (unpaired) electrons. The number of aliphatic carboxylic acids is 1. The first-order chi connectivity index (χ1) is 11.3. The highest BCUT2D eigenvalue weighted by atomic mass is 32.2. The molecule has 0 bridgehead atoms. The van der Waals surface area contributed by atoms with Gasteiger partial charge in [0.1, 0.15) is 15.9 Å². The van der Waals surface area contributed by atoms with Gasteiger partial charge in [0, 0.05) is 32.1 Å². The number of benzene rings is 1. The van der Waals surface area contributed by atoms with Gasteiger partial charge in [-0.15, -0.1) is 0 Å². The number of rotatable bonds is 3. The Balaban J connectivity index is 1.75. The molecule has 24 heavy (non-hydrogen) atoms. The minimum Gasteiger partial charge on any atom is -0.481 e. The van der Waals surface area contributed by atoms with Crippen LogP contribution in [-0.4, -0.2) is 70.7 Å². The van der Waals surface area contributed by atoms with E-state index in [-0.39, 0.29) is 23.9 Å². The predicted molar refractivity (Wildman–Crippen MR) is 87.2 cm³/mol. The smallest absolute Gasteiger partial charge is 0.312 e. The normalized spacial score (nSPS) is 28.5. The van der Waals surface area contributed by atoms with Gasteiger partial charge in [0.15, 0.2) is 0 Å². The Kier molecular flexibility index (Phi) is 3.43. The summed E-state index contributed by atoms with van der Waals surface area (Å²) in [6.45, 7) is 1.16. The maximum atomic E-state index is 13.1. The molecule has 2 saturated heterocycles. The van der Waals surface area contributed by atoms with Crippen LogP contribution in [0, 0.1) is 11.3 Å². The van der Waals surface area contributed by atoms with Crippen molar-refractivity contribution in [3.8, 4) is 0 Å². The first-order valence-electron chi connectivity index (χ1n) is 7.48. The molecule has 4 rings (SSSR count). The fourth-order valence-electron chi connectivity index (χ4n) is 3.88. The van der Waals surface area contributed by atoms with Crippen molar-refractivity contribution in [3.05, 3.63) is 18.2 Å². The van der Waals surface area contributed by atoms with E-state index in [1.807, 2.05) is 11.9 Å². The van der Waals surface area contributed by atoms with Crippen LogP contribution in [0.2, 0.25) is 0 Å². The number of aromatic nitrogens is 2. The highest BCUT2D eigenvalue weighted by Crippen LogP contribution is 2.44. The van der Waals surface area contributed by atoms with Gasteiger partial charge in [-0.25, -0.2) is 8.42 Å². The fraction of sp³-hybridized carbons (Fsp3) is 0.500. The van der Waals surface area contributed by atoms with Crippen molar-refractivity contribution in [1.29, 1.82) is 0 Å². The molecule has 8 nitrogen and oxygen atoms in total. The lowest BCUT2D eigenvalue weighted by Gasteiger charge is -2.24. The summed E-state index contributed by atoms with van der Waals surface area (Å²) in [5, 5.41) is 9.72. The molecule has 0 amide bonds. The number of nitrogens with zero attached hydrogens (tertiary/aromatic N) is 4. The third-order valence-electron chi connectivity index (χ3n) is 5.04. The molecule has 2 aliphatic heterocycles. The lowest BCUT2D eigenvalue weighted by molar-refractivity contribution is -0.148.